The second-order valence-electron chi connectivity index (χ2n) is 5.78. The van der Waals surface area contributed by atoms with E-state index < -0.39 is 0 Å². The van der Waals surface area contributed by atoms with Gasteiger partial charge in [0, 0.05) is 4.88 Å². The van der Waals surface area contributed by atoms with E-state index in [1.54, 1.807) is 0 Å². The van der Waals surface area contributed by atoms with E-state index in [0.29, 0.717) is 5.92 Å². The first-order valence-corrected chi connectivity index (χ1v) is 8.19. The summed E-state index contributed by atoms with van der Waals surface area (Å²) < 4.78 is 0. The van der Waals surface area contributed by atoms with Gasteiger partial charge in [-0.05, 0) is 67.7 Å². The lowest BCUT2D eigenvalue weighted by atomic mass is 9.94. The summed E-state index contributed by atoms with van der Waals surface area (Å²) in [6.45, 7) is 12.9. The van der Waals surface area contributed by atoms with Gasteiger partial charge < -0.3 is 0 Å². The lowest BCUT2D eigenvalue weighted by Crippen LogP contribution is -2.02. The third-order valence-electron chi connectivity index (χ3n) is 3.98. The molecular weight excluding hydrogens is 260 g/mol. The highest BCUT2D eigenvalue weighted by Gasteiger charge is 2.11. The molecule has 1 aromatic heterocycles. The van der Waals surface area contributed by atoms with Crippen LogP contribution in [0.25, 0.3) is 11.1 Å². The molecule has 106 valence electrons. The lowest BCUT2D eigenvalue weighted by molar-refractivity contribution is 0.595. The minimum atomic E-state index is 0.612. The zero-order chi connectivity index (χ0) is 14.7. The first kappa shape index (κ1) is 15.1. The van der Waals surface area contributed by atoms with Gasteiger partial charge in [0.05, 0.1) is 0 Å². The molecule has 0 radical (unpaired) electrons. The van der Waals surface area contributed by atoms with E-state index in [2.05, 4.69) is 63.9 Å². The van der Waals surface area contributed by atoms with Gasteiger partial charge in [-0.15, -0.1) is 11.3 Å². The number of hydrogen-bond donors (Lipinski definition) is 0. The molecule has 0 aliphatic carbocycles. The highest BCUT2D eigenvalue weighted by Crippen LogP contribution is 2.31. The van der Waals surface area contributed by atoms with Crippen LogP contribution in [0.3, 0.4) is 0 Å². The van der Waals surface area contributed by atoms with E-state index in [-0.39, 0.29) is 0 Å². The molecule has 0 amide bonds. The SMILES string of the molecule is C=C(C)C(CC)Cc1cc(-c2ccc(C)cc2C)cs1. The van der Waals surface area contributed by atoms with Gasteiger partial charge in [-0.3, -0.25) is 0 Å². The Morgan fingerprint density at radius 3 is 2.60 bits per heavy atom. The van der Waals surface area contributed by atoms with Crippen molar-refractivity contribution in [1.82, 2.24) is 0 Å². The Kier molecular flexibility index (Phi) is 4.82. The second kappa shape index (κ2) is 6.41. The molecule has 0 fully saturated rings. The molecule has 1 unspecified atom stereocenters. The Bertz CT molecular complexity index is 604. The topological polar surface area (TPSA) is 0 Å². The zero-order valence-electron chi connectivity index (χ0n) is 13.0. The van der Waals surface area contributed by atoms with Crippen LogP contribution in [-0.2, 0) is 6.42 Å². The van der Waals surface area contributed by atoms with Crippen LogP contribution < -0.4 is 0 Å². The summed E-state index contributed by atoms with van der Waals surface area (Å²) in [5.74, 6) is 0.612. The standard InChI is InChI=1S/C19H24S/c1-6-16(13(2)3)10-18-11-17(12-20-18)19-8-7-14(4)9-15(19)5/h7-9,11-12,16H,2,6,10H2,1,3-5H3. The van der Waals surface area contributed by atoms with E-state index in [4.69, 9.17) is 0 Å². The molecular formula is C19H24S. The number of rotatable bonds is 5. The maximum absolute atomic E-state index is 4.12. The largest absolute Gasteiger partial charge is 0.148 e. The first-order chi connectivity index (χ1) is 9.51. The zero-order valence-corrected chi connectivity index (χ0v) is 13.8. The highest BCUT2D eigenvalue weighted by molar-refractivity contribution is 7.10. The van der Waals surface area contributed by atoms with E-state index >= 15 is 0 Å². The van der Waals surface area contributed by atoms with Gasteiger partial charge in [-0.25, -0.2) is 0 Å². The van der Waals surface area contributed by atoms with Crippen molar-refractivity contribution in [2.24, 2.45) is 5.92 Å². The Balaban J connectivity index is 2.22. The Labute approximate surface area is 127 Å². The molecule has 1 heteroatoms. The molecule has 1 atom stereocenters. The van der Waals surface area contributed by atoms with Crippen molar-refractivity contribution in [3.05, 3.63) is 57.8 Å². The van der Waals surface area contributed by atoms with Gasteiger partial charge >= 0.3 is 0 Å². The minimum absolute atomic E-state index is 0.612. The maximum Gasteiger partial charge on any atom is 0.00575 e. The van der Waals surface area contributed by atoms with Crippen molar-refractivity contribution in [2.45, 2.75) is 40.5 Å². The monoisotopic (exact) mass is 284 g/mol. The molecule has 1 heterocycles. The number of benzene rings is 1. The Morgan fingerprint density at radius 1 is 1.25 bits per heavy atom. The van der Waals surface area contributed by atoms with E-state index in [1.807, 2.05) is 11.3 Å². The predicted octanol–water partition coefficient (Wildman–Crippen LogP) is 6.18. The molecule has 0 N–H and O–H groups in total. The molecule has 0 spiro atoms. The summed E-state index contributed by atoms with van der Waals surface area (Å²) in [6.07, 6.45) is 2.30. The third-order valence-corrected chi connectivity index (χ3v) is 4.94. The van der Waals surface area contributed by atoms with Crippen molar-refractivity contribution < 1.29 is 0 Å². The van der Waals surface area contributed by atoms with Crippen molar-refractivity contribution in [3.8, 4) is 11.1 Å². The summed E-state index contributed by atoms with van der Waals surface area (Å²) in [4.78, 5) is 1.47. The average molecular weight is 284 g/mol. The molecule has 2 aromatic rings. The Hall–Kier alpha value is -1.34. The fourth-order valence-corrected chi connectivity index (χ4v) is 3.64. The summed E-state index contributed by atoms with van der Waals surface area (Å²) in [5, 5.41) is 2.29. The van der Waals surface area contributed by atoms with Crippen molar-refractivity contribution in [2.75, 3.05) is 0 Å². The van der Waals surface area contributed by atoms with Gasteiger partial charge in [-0.2, -0.15) is 0 Å². The van der Waals surface area contributed by atoms with Crippen LogP contribution in [0.2, 0.25) is 0 Å². The fraction of sp³-hybridized carbons (Fsp3) is 0.368. The van der Waals surface area contributed by atoms with Gasteiger partial charge in [-0.1, -0.05) is 42.8 Å². The van der Waals surface area contributed by atoms with Crippen molar-refractivity contribution in [3.63, 3.8) is 0 Å². The summed E-state index contributed by atoms with van der Waals surface area (Å²) in [5.41, 5.74) is 6.71. The minimum Gasteiger partial charge on any atom is -0.148 e. The molecule has 0 aliphatic heterocycles. The second-order valence-corrected chi connectivity index (χ2v) is 6.77. The van der Waals surface area contributed by atoms with Gasteiger partial charge in [0.1, 0.15) is 0 Å². The highest BCUT2D eigenvalue weighted by atomic mass is 32.1. The van der Waals surface area contributed by atoms with Crippen LogP contribution in [0, 0.1) is 19.8 Å². The van der Waals surface area contributed by atoms with E-state index in [0.717, 1.165) is 6.42 Å². The average Bonchev–Trinajstić information content (AvgIpc) is 2.83. The van der Waals surface area contributed by atoms with Crippen LogP contribution in [0.15, 0.2) is 41.8 Å². The summed E-state index contributed by atoms with van der Waals surface area (Å²) in [7, 11) is 0. The van der Waals surface area contributed by atoms with Gasteiger partial charge in [0.2, 0.25) is 0 Å². The number of thiophene rings is 1. The molecule has 0 saturated heterocycles. The molecule has 0 saturated carbocycles. The van der Waals surface area contributed by atoms with Crippen LogP contribution in [-0.4, -0.2) is 0 Å². The Morgan fingerprint density at radius 2 is 2.00 bits per heavy atom. The predicted molar refractivity (Wildman–Crippen MR) is 91.5 cm³/mol. The van der Waals surface area contributed by atoms with E-state index in [9.17, 15) is 0 Å². The number of allylic oxidation sites excluding steroid dienone is 1. The molecule has 0 nitrogen and oxygen atoms in total. The molecule has 1 aromatic carbocycles. The smallest absolute Gasteiger partial charge is 0.00575 e. The number of hydrogen-bond acceptors (Lipinski definition) is 1. The van der Waals surface area contributed by atoms with Crippen LogP contribution in [0.5, 0.6) is 0 Å². The summed E-state index contributed by atoms with van der Waals surface area (Å²) in [6, 6.07) is 9.05. The van der Waals surface area contributed by atoms with Crippen LogP contribution in [0.1, 0.15) is 36.3 Å². The van der Waals surface area contributed by atoms with Gasteiger partial charge in [0.25, 0.3) is 0 Å². The molecule has 0 bridgehead atoms. The lowest BCUT2D eigenvalue weighted by Gasteiger charge is -2.13. The van der Waals surface area contributed by atoms with Crippen LogP contribution >= 0.6 is 11.3 Å². The quantitative estimate of drug-likeness (QED) is 0.575. The maximum atomic E-state index is 4.12. The fourth-order valence-electron chi connectivity index (χ4n) is 2.68. The number of aryl methyl sites for hydroxylation is 2. The normalized spacial score (nSPS) is 12.4. The molecule has 0 aliphatic rings. The summed E-state index contributed by atoms with van der Waals surface area (Å²) >= 11 is 1.88. The first-order valence-electron chi connectivity index (χ1n) is 7.31. The molecule has 20 heavy (non-hydrogen) atoms. The van der Waals surface area contributed by atoms with Crippen LogP contribution in [0.4, 0.5) is 0 Å². The molecule has 2 rings (SSSR count). The van der Waals surface area contributed by atoms with Gasteiger partial charge in [0.15, 0.2) is 0 Å². The van der Waals surface area contributed by atoms with Crippen molar-refractivity contribution >= 4 is 11.3 Å². The van der Waals surface area contributed by atoms with E-state index in [1.165, 1.54) is 39.1 Å². The van der Waals surface area contributed by atoms with Crippen molar-refractivity contribution in [1.29, 1.82) is 0 Å². The third kappa shape index (κ3) is 3.40.